The molecule has 168 valence electrons. The highest BCUT2D eigenvalue weighted by Crippen LogP contribution is 2.39. The molecule has 33 heavy (non-hydrogen) atoms. The third kappa shape index (κ3) is 3.69. The summed E-state index contributed by atoms with van der Waals surface area (Å²) < 4.78 is 16.5. The average Bonchev–Trinajstić information content (AvgIpc) is 3.42. The molecule has 5 rings (SSSR count). The van der Waals surface area contributed by atoms with Crippen LogP contribution in [0.15, 0.2) is 30.6 Å². The van der Waals surface area contributed by atoms with Crippen molar-refractivity contribution in [2.45, 2.75) is 38.5 Å². The van der Waals surface area contributed by atoms with Crippen LogP contribution in [0.3, 0.4) is 0 Å². The molecule has 1 amide bonds. The molecule has 4 N–H and O–H groups in total. The van der Waals surface area contributed by atoms with Gasteiger partial charge >= 0.3 is 0 Å². The van der Waals surface area contributed by atoms with Gasteiger partial charge in [0.15, 0.2) is 0 Å². The molecule has 3 heterocycles. The maximum Gasteiger partial charge on any atom is 0.216 e. The highest BCUT2D eigenvalue weighted by Gasteiger charge is 2.28. The normalized spacial score (nSPS) is 18.5. The number of terminal acetylenes is 1. The Morgan fingerprint density at radius 3 is 2.88 bits per heavy atom. The second-order valence-corrected chi connectivity index (χ2v) is 8.72. The summed E-state index contributed by atoms with van der Waals surface area (Å²) in [5.41, 5.74) is 9.41. The molecule has 8 heteroatoms. The van der Waals surface area contributed by atoms with E-state index in [1.165, 1.54) is 6.07 Å². The molecule has 1 fully saturated rings. The monoisotopic (exact) mass is 444 g/mol. The Kier molecular flexibility index (Phi) is 5.25. The molecule has 0 bridgehead atoms. The SMILES string of the molecule is C#Cc1ccc(F)c2cc(-c3nc(C4CCC(CNC(C)=O)CC4)n4ccnc(N)c34)[nH]c12. The zero-order valence-corrected chi connectivity index (χ0v) is 18.4. The van der Waals surface area contributed by atoms with Crippen molar-refractivity contribution in [3.8, 4) is 23.7 Å². The first-order chi connectivity index (χ1) is 16.0. The van der Waals surface area contributed by atoms with E-state index in [-0.39, 0.29) is 17.6 Å². The molecular formula is C25H25FN6O. The molecule has 0 radical (unpaired) electrons. The Labute approximate surface area is 190 Å². The summed E-state index contributed by atoms with van der Waals surface area (Å²) in [6, 6.07) is 4.69. The van der Waals surface area contributed by atoms with Crippen LogP contribution in [0.1, 0.15) is 49.9 Å². The molecule has 0 spiro atoms. The third-order valence-corrected chi connectivity index (χ3v) is 6.61. The van der Waals surface area contributed by atoms with E-state index in [4.69, 9.17) is 17.1 Å². The van der Waals surface area contributed by atoms with Crippen LogP contribution in [0.2, 0.25) is 0 Å². The number of hydrogen-bond acceptors (Lipinski definition) is 4. The van der Waals surface area contributed by atoms with Gasteiger partial charge in [0.25, 0.3) is 0 Å². The van der Waals surface area contributed by atoms with Gasteiger partial charge in [0, 0.05) is 42.7 Å². The summed E-state index contributed by atoms with van der Waals surface area (Å²) in [6.07, 6.45) is 13.1. The van der Waals surface area contributed by atoms with E-state index in [2.05, 4.69) is 21.2 Å². The number of aromatic nitrogens is 4. The van der Waals surface area contributed by atoms with Crippen molar-refractivity contribution in [1.82, 2.24) is 24.7 Å². The van der Waals surface area contributed by atoms with Crippen molar-refractivity contribution in [2.24, 2.45) is 5.92 Å². The lowest BCUT2D eigenvalue weighted by Gasteiger charge is -2.27. The van der Waals surface area contributed by atoms with E-state index in [0.717, 1.165) is 31.5 Å². The number of rotatable bonds is 4. The van der Waals surface area contributed by atoms with E-state index >= 15 is 0 Å². The van der Waals surface area contributed by atoms with Crippen LogP contribution in [-0.4, -0.2) is 31.8 Å². The minimum absolute atomic E-state index is 0.00626. The van der Waals surface area contributed by atoms with E-state index in [1.54, 1.807) is 25.3 Å². The highest BCUT2D eigenvalue weighted by molar-refractivity contribution is 5.94. The van der Waals surface area contributed by atoms with Crippen LogP contribution in [0, 0.1) is 24.1 Å². The molecule has 1 aromatic carbocycles. The van der Waals surface area contributed by atoms with Crippen molar-refractivity contribution in [3.05, 3.63) is 47.8 Å². The summed E-state index contributed by atoms with van der Waals surface area (Å²) in [5.74, 6) is 4.27. The Bertz CT molecular complexity index is 1400. The largest absolute Gasteiger partial charge is 0.382 e. The van der Waals surface area contributed by atoms with E-state index in [1.807, 2.05) is 10.6 Å². The van der Waals surface area contributed by atoms with Crippen LogP contribution in [-0.2, 0) is 4.79 Å². The number of carbonyl (C=O) groups is 1. The van der Waals surface area contributed by atoms with Gasteiger partial charge in [-0.2, -0.15) is 0 Å². The van der Waals surface area contributed by atoms with Crippen molar-refractivity contribution < 1.29 is 9.18 Å². The van der Waals surface area contributed by atoms with Gasteiger partial charge in [-0.1, -0.05) is 5.92 Å². The second-order valence-electron chi connectivity index (χ2n) is 8.72. The fourth-order valence-electron chi connectivity index (χ4n) is 4.91. The van der Waals surface area contributed by atoms with Gasteiger partial charge in [0.2, 0.25) is 5.91 Å². The number of nitrogens with one attached hydrogen (secondary N) is 2. The van der Waals surface area contributed by atoms with Crippen LogP contribution < -0.4 is 11.1 Å². The molecule has 0 atom stereocenters. The van der Waals surface area contributed by atoms with Gasteiger partial charge in [0.05, 0.1) is 11.2 Å². The topological polar surface area (TPSA) is 101 Å². The molecule has 1 aliphatic carbocycles. The number of hydrogen-bond donors (Lipinski definition) is 3. The number of halogens is 1. The minimum Gasteiger partial charge on any atom is -0.382 e. The van der Waals surface area contributed by atoms with Crippen molar-refractivity contribution in [2.75, 3.05) is 12.3 Å². The summed E-state index contributed by atoms with van der Waals surface area (Å²) in [6.45, 7) is 2.26. The maximum absolute atomic E-state index is 14.5. The van der Waals surface area contributed by atoms with Crippen LogP contribution in [0.4, 0.5) is 10.2 Å². The first-order valence-corrected chi connectivity index (χ1v) is 11.1. The molecule has 1 saturated carbocycles. The number of amides is 1. The highest BCUT2D eigenvalue weighted by atomic mass is 19.1. The van der Waals surface area contributed by atoms with Crippen LogP contribution in [0.25, 0.3) is 27.8 Å². The number of carbonyl (C=O) groups excluding carboxylic acids is 1. The Hall–Kier alpha value is -3.86. The van der Waals surface area contributed by atoms with Crippen LogP contribution in [0.5, 0.6) is 0 Å². The second kappa shape index (κ2) is 8.24. The number of nitrogens with two attached hydrogens (primary N) is 1. The quantitative estimate of drug-likeness (QED) is 0.414. The Morgan fingerprint density at radius 1 is 1.36 bits per heavy atom. The number of fused-ring (bicyclic) bond motifs is 2. The summed E-state index contributed by atoms with van der Waals surface area (Å²) in [7, 11) is 0. The number of anilines is 1. The first kappa shape index (κ1) is 21.0. The lowest BCUT2D eigenvalue weighted by atomic mass is 9.81. The molecule has 0 aliphatic heterocycles. The van der Waals surface area contributed by atoms with E-state index < -0.39 is 0 Å². The molecule has 1 aliphatic rings. The molecule has 0 saturated heterocycles. The summed E-state index contributed by atoms with van der Waals surface area (Å²) in [4.78, 5) is 23.8. The molecule has 4 aromatic rings. The standard InChI is InChI=1S/C25H25FN6O/c1-3-16-8-9-19(26)18-12-20(30-21(16)18)22-23-24(27)28-10-11-32(23)25(31-22)17-6-4-15(5-7-17)13-29-14(2)33/h1,8-12,15,17,30H,4-7,13H2,2H3,(H2,27,28)(H,29,33). The fourth-order valence-corrected chi connectivity index (χ4v) is 4.91. The summed E-state index contributed by atoms with van der Waals surface area (Å²) >= 11 is 0. The zero-order valence-electron chi connectivity index (χ0n) is 18.4. The van der Waals surface area contributed by atoms with Gasteiger partial charge < -0.3 is 16.0 Å². The predicted octanol–water partition coefficient (Wildman–Crippen LogP) is 3.99. The van der Waals surface area contributed by atoms with Gasteiger partial charge in [-0.3, -0.25) is 9.20 Å². The lowest BCUT2D eigenvalue weighted by molar-refractivity contribution is -0.119. The Balaban J connectivity index is 1.55. The smallest absolute Gasteiger partial charge is 0.216 e. The average molecular weight is 445 g/mol. The van der Waals surface area contributed by atoms with E-state index in [0.29, 0.717) is 51.7 Å². The minimum atomic E-state index is -0.348. The van der Waals surface area contributed by atoms with Gasteiger partial charge in [-0.05, 0) is 49.8 Å². The number of benzene rings is 1. The number of aromatic amines is 1. The van der Waals surface area contributed by atoms with Gasteiger partial charge in [-0.15, -0.1) is 6.42 Å². The zero-order chi connectivity index (χ0) is 23.1. The molecule has 0 unspecified atom stereocenters. The molecular weight excluding hydrogens is 419 g/mol. The number of nitrogen functional groups attached to an aromatic ring is 1. The molecule has 7 nitrogen and oxygen atoms in total. The number of imidazole rings is 1. The van der Waals surface area contributed by atoms with Crippen LogP contribution >= 0.6 is 0 Å². The Morgan fingerprint density at radius 2 is 2.15 bits per heavy atom. The van der Waals surface area contributed by atoms with Gasteiger partial charge in [-0.25, -0.2) is 14.4 Å². The predicted molar refractivity (Wildman–Crippen MR) is 126 cm³/mol. The maximum atomic E-state index is 14.5. The fraction of sp³-hybridized carbons (Fsp3) is 0.320. The molecule has 3 aromatic heterocycles. The number of H-pyrrole nitrogens is 1. The van der Waals surface area contributed by atoms with Crippen molar-refractivity contribution in [1.29, 1.82) is 0 Å². The third-order valence-electron chi connectivity index (χ3n) is 6.61. The van der Waals surface area contributed by atoms with Gasteiger partial charge in [0.1, 0.15) is 28.7 Å². The summed E-state index contributed by atoms with van der Waals surface area (Å²) in [5, 5.41) is 3.35. The van der Waals surface area contributed by atoms with E-state index in [9.17, 15) is 9.18 Å². The first-order valence-electron chi connectivity index (χ1n) is 11.1. The number of nitrogens with zero attached hydrogens (tertiary/aromatic N) is 3. The lowest BCUT2D eigenvalue weighted by Crippen LogP contribution is -2.29. The van der Waals surface area contributed by atoms with Crippen molar-refractivity contribution >= 4 is 28.1 Å². The van der Waals surface area contributed by atoms with Crippen molar-refractivity contribution in [3.63, 3.8) is 0 Å².